The maximum absolute atomic E-state index is 12.4. The lowest BCUT2D eigenvalue weighted by molar-refractivity contribution is -0.127. The molecule has 6 heteroatoms. The summed E-state index contributed by atoms with van der Waals surface area (Å²) < 4.78 is 1.50. The number of hydrogen-bond donors (Lipinski definition) is 0. The van der Waals surface area contributed by atoms with Crippen LogP contribution in [0, 0.1) is 11.3 Å². The van der Waals surface area contributed by atoms with Crippen LogP contribution >= 0.6 is 11.8 Å². The normalized spacial score (nSPS) is 13.7. The molecule has 122 valence electrons. The Kier molecular flexibility index (Phi) is 5.02. The third kappa shape index (κ3) is 3.36. The molecule has 0 spiro atoms. The summed E-state index contributed by atoms with van der Waals surface area (Å²) in [6, 6.07) is 14.2. The van der Waals surface area contributed by atoms with Crippen molar-refractivity contribution in [3.63, 3.8) is 0 Å². The number of para-hydroxylation sites is 1. The average molecular weight is 339 g/mol. The van der Waals surface area contributed by atoms with Gasteiger partial charge in [-0.2, -0.15) is 5.26 Å². The van der Waals surface area contributed by atoms with E-state index < -0.39 is 0 Å². The van der Waals surface area contributed by atoms with Crippen LogP contribution in [0.5, 0.6) is 0 Å². The summed E-state index contributed by atoms with van der Waals surface area (Å²) in [6.45, 7) is 1.59. The number of pyridine rings is 1. The number of nitriles is 1. The summed E-state index contributed by atoms with van der Waals surface area (Å²) in [6.07, 6.45) is 2.08. The van der Waals surface area contributed by atoms with Crippen LogP contribution in [0.15, 0.2) is 52.3 Å². The second-order valence-corrected chi connectivity index (χ2v) is 6.51. The van der Waals surface area contributed by atoms with Crippen LogP contribution in [0.3, 0.4) is 0 Å². The summed E-state index contributed by atoms with van der Waals surface area (Å²) in [7, 11) is 0. The first-order valence-electron chi connectivity index (χ1n) is 7.83. The molecule has 0 saturated carbocycles. The first-order valence-corrected chi connectivity index (χ1v) is 8.81. The van der Waals surface area contributed by atoms with Crippen LogP contribution in [0.25, 0.3) is 5.69 Å². The van der Waals surface area contributed by atoms with Crippen molar-refractivity contribution >= 4 is 17.7 Å². The highest BCUT2D eigenvalue weighted by atomic mass is 32.2. The van der Waals surface area contributed by atoms with E-state index in [4.69, 9.17) is 0 Å². The lowest BCUT2D eigenvalue weighted by atomic mass is 10.2. The van der Waals surface area contributed by atoms with Crippen molar-refractivity contribution in [3.05, 3.63) is 58.4 Å². The molecule has 2 heterocycles. The van der Waals surface area contributed by atoms with Gasteiger partial charge in [0, 0.05) is 24.8 Å². The summed E-state index contributed by atoms with van der Waals surface area (Å²) in [5, 5.41) is 9.90. The van der Waals surface area contributed by atoms with Crippen LogP contribution in [0.1, 0.15) is 18.4 Å². The number of rotatable bonds is 4. The van der Waals surface area contributed by atoms with E-state index in [2.05, 4.69) is 6.07 Å². The number of nitrogens with zero attached hydrogens (tertiary/aromatic N) is 3. The predicted molar refractivity (Wildman–Crippen MR) is 93.3 cm³/mol. The van der Waals surface area contributed by atoms with E-state index in [0.717, 1.165) is 25.9 Å². The van der Waals surface area contributed by atoms with Crippen molar-refractivity contribution in [1.82, 2.24) is 9.47 Å². The minimum Gasteiger partial charge on any atom is -0.342 e. The quantitative estimate of drug-likeness (QED) is 0.803. The van der Waals surface area contributed by atoms with Gasteiger partial charge in [-0.3, -0.25) is 14.2 Å². The number of carbonyl (C=O) groups excluding carboxylic acids is 1. The Morgan fingerprint density at radius 2 is 1.83 bits per heavy atom. The van der Waals surface area contributed by atoms with Gasteiger partial charge in [0.1, 0.15) is 11.1 Å². The molecule has 1 saturated heterocycles. The molecule has 3 rings (SSSR count). The number of thioether (sulfide) groups is 1. The summed E-state index contributed by atoms with van der Waals surface area (Å²) >= 11 is 1.25. The molecule has 0 radical (unpaired) electrons. The van der Waals surface area contributed by atoms with Gasteiger partial charge in [-0.15, -0.1) is 0 Å². The van der Waals surface area contributed by atoms with Crippen LogP contribution < -0.4 is 5.56 Å². The average Bonchev–Trinajstić information content (AvgIpc) is 3.15. The highest BCUT2D eigenvalue weighted by Gasteiger charge is 2.20. The monoisotopic (exact) mass is 339 g/mol. The summed E-state index contributed by atoms with van der Waals surface area (Å²) in [4.78, 5) is 26.5. The third-order valence-corrected chi connectivity index (χ3v) is 5.04. The highest BCUT2D eigenvalue weighted by Crippen LogP contribution is 2.25. The van der Waals surface area contributed by atoms with Crippen molar-refractivity contribution < 1.29 is 4.79 Å². The molecule has 0 unspecified atom stereocenters. The minimum atomic E-state index is -0.212. The van der Waals surface area contributed by atoms with Gasteiger partial charge in [0.15, 0.2) is 0 Å². The molecule has 1 aromatic carbocycles. The van der Waals surface area contributed by atoms with E-state index in [9.17, 15) is 14.9 Å². The standard InChI is InChI=1S/C18H17N3O2S/c19-12-14-8-9-16(22)21(15-6-2-1-3-7-15)18(14)24-13-17(23)20-10-4-5-11-20/h1-3,6-9H,4-5,10-11,13H2. The summed E-state index contributed by atoms with van der Waals surface area (Å²) in [5.41, 5.74) is 0.879. The zero-order chi connectivity index (χ0) is 16.9. The molecule has 5 nitrogen and oxygen atoms in total. The fraction of sp³-hybridized carbons (Fsp3) is 0.278. The van der Waals surface area contributed by atoms with Gasteiger partial charge in [-0.05, 0) is 31.0 Å². The number of hydrogen-bond acceptors (Lipinski definition) is 4. The van der Waals surface area contributed by atoms with Crippen LogP contribution in [-0.2, 0) is 4.79 Å². The number of likely N-dealkylation sites (tertiary alicyclic amines) is 1. The van der Waals surface area contributed by atoms with Crippen molar-refractivity contribution in [2.75, 3.05) is 18.8 Å². The van der Waals surface area contributed by atoms with Gasteiger partial charge in [-0.25, -0.2) is 0 Å². The first-order chi connectivity index (χ1) is 11.7. The predicted octanol–water partition coefficient (Wildman–Crippen LogP) is 2.42. The Morgan fingerprint density at radius 3 is 2.50 bits per heavy atom. The smallest absolute Gasteiger partial charge is 0.256 e. The van der Waals surface area contributed by atoms with Crippen LogP contribution in [0.4, 0.5) is 0 Å². The largest absolute Gasteiger partial charge is 0.342 e. The molecule has 2 aromatic rings. The Bertz CT molecular complexity index is 834. The zero-order valence-electron chi connectivity index (χ0n) is 13.1. The Hall–Kier alpha value is -2.52. The second-order valence-electron chi connectivity index (χ2n) is 5.55. The van der Waals surface area contributed by atoms with Gasteiger partial charge >= 0.3 is 0 Å². The van der Waals surface area contributed by atoms with Gasteiger partial charge in [0.2, 0.25) is 5.91 Å². The molecule has 1 amide bonds. The van der Waals surface area contributed by atoms with E-state index >= 15 is 0 Å². The molecular formula is C18H17N3O2S. The molecule has 1 fully saturated rings. The highest BCUT2D eigenvalue weighted by molar-refractivity contribution is 8.00. The molecule has 1 aliphatic rings. The zero-order valence-corrected chi connectivity index (χ0v) is 14.0. The number of amides is 1. The van der Waals surface area contributed by atoms with Crippen molar-refractivity contribution in [2.24, 2.45) is 0 Å². The van der Waals surface area contributed by atoms with E-state index in [1.165, 1.54) is 28.5 Å². The van der Waals surface area contributed by atoms with E-state index in [-0.39, 0.29) is 17.2 Å². The fourth-order valence-corrected chi connectivity index (χ4v) is 3.79. The Labute approximate surface area is 144 Å². The Morgan fingerprint density at radius 1 is 1.12 bits per heavy atom. The first kappa shape index (κ1) is 16.3. The van der Waals surface area contributed by atoms with Crippen LogP contribution in [0.2, 0.25) is 0 Å². The molecule has 0 atom stereocenters. The molecule has 0 N–H and O–H groups in total. The topological polar surface area (TPSA) is 66.1 Å². The maximum Gasteiger partial charge on any atom is 0.256 e. The van der Waals surface area contributed by atoms with Gasteiger partial charge < -0.3 is 4.90 Å². The SMILES string of the molecule is N#Cc1ccc(=O)n(-c2ccccc2)c1SCC(=O)N1CCCC1. The summed E-state index contributed by atoms with van der Waals surface area (Å²) in [5.74, 6) is 0.280. The lowest BCUT2D eigenvalue weighted by Crippen LogP contribution is -2.29. The molecule has 24 heavy (non-hydrogen) atoms. The maximum atomic E-state index is 12.4. The number of benzene rings is 1. The molecular weight excluding hydrogens is 322 g/mol. The van der Waals surface area contributed by atoms with E-state index in [1.807, 2.05) is 35.2 Å². The molecule has 0 aliphatic carbocycles. The molecule has 1 aliphatic heterocycles. The lowest BCUT2D eigenvalue weighted by Gasteiger charge is -2.17. The van der Waals surface area contributed by atoms with E-state index in [0.29, 0.717) is 16.3 Å². The van der Waals surface area contributed by atoms with Gasteiger partial charge in [0.25, 0.3) is 5.56 Å². The van der Waals surface area contributed by atoms with E-state index in [1.54, 1.807) is 0 Å². The third-order valence-electron chi connectivity index (χ3n) is 3.97. The van der Waals surface area contributed by atoms with Crippen molar-refractivity contribution in [3.8, 4) is 11.8 Å². The fourth-order valence-electron chi connectivity index (χ4n) is 2.76. The van der Waals surface area contributed by atoms with Crippen molar-refractivity contribution in [1.29, 1.82) is 5.26 Å². The number of aromatic nitrogens is 1. The number of carbonyl (C=O) groups is 1. The van der Waals surface area contributed by atoms with Gasteiger partial charge in [-0.1, -0.05) is 30.0 Å². The second kappa shape index (κ2) is 7.37. The minimum absolute atomic E-state index is 0.0531. The van der Waals surface area contributed by atoms with Crippen LogP contribution in [-0.4, -0.2) is 34.2 Å². The Balaban J connectivity index is 1.93. The van der Waals surface area contributed by atoms with Crippen molar-refractivity contribution in [2.45, 2.75) is 17.9 Å². The van der Waals surface area contributed by atoms with Gasteiger partial charge in [0.05, 0.1) is 11.3 Å². The molecule has 1 aromatic heterocycles. The molecule has 0 bridgehead atoms.